The van der Waals surface area contributed by atoms with E-state index in [1.807, 2.05) is 25.3 Å². The van der Waals surface area contributed by atoms with Crippen LogP contribution in [0.2, 0.25) is 0 Å². The predicted octanol–water partition coefficient (Wildman–Crippen LogP) is 2.46. The molecule has 3 rings (SSSR count). The number of amides is 2. The Kier molecular flexibility index (Phi) is 6.96. The van der Waals surface area contributed by atoms with Gasteiger partial charge in [0.1, 0.15) is 12.4 Å². The monoisotopic (exact) mass is 410 g/mol. The molecule has 0 fully saturated rings. The Morgan fingerprint density at radius 1 is 1.17 bits per heavy atom. The minimum Gasteiger partial charge on any atom is -0.340 e. The standard InChI is InChI=1S/C20H22N6O2S/c1-14-4-3-5-15(12-14)19(27)23-18(10-11-29-2)20(28)22-16-6-8-17(9-7-16)26-13-21-24-25-26/h3-9,12-13,18H,10-11H2,1-2H3,(H,22,28)(H,23,27)/t18-/m1/s1. The van der Waals surface area contributed by atoms with Gasteiger partial charge in [-0.2, -0.15) is 11.8 Å². The molecule has 150 valence electrons. The number of aryl methyl sites for hydroxylation is 1. The fourth-order valence-corrected chi connectivity index (χ4v) is 3.21. The molecule has 8 nitrogen and oxygen atoms in total. The van der Waals surface area contributed by atoms with Crippen molar-refractivity contribution in [1.29, 1.82) is 0 Å². The Morgan fingerprint density at radius 2 is 1.97 bits per heavy atom. The lowest BCUT2D eigenvalue weighted by molar-refractivity contribution is -0.118. The third kappa shape index (κ3) is 5.64. The average Bonchev–Trinajstić information content (AvgIpc) is 3.26. The number of nitrogens with one attached hydrogen (secondary N) is 2. The number of tetrazole rings is 1. The van der Waals surface area contributed by atoms with Crippen LogP contribution in [0.4, 0.5) is 5.69 Å². The van der Waals surface area contributed by atoms with Gasteiger partial charge >= 0.3 is 0 Å². The fraction of sp³-hybridized carbons (Fsp3) is 0.250. The average molecular weight is 411 g/mol. The van der Waals surface area contributed by atoms with Gasteiger partial charge in [0.05, 0.1) is 5.69 Å². The first kappa shape index (κ1) is 20.5. The molecule has 1 atom stereocenters. The Bertz CT molecular complexity index is 959. The van der Waals surface area contributed by atoms with E-state index < -0.39 is 6.04 Å². The first-order valence-corrected chi connectivity index (χ1v) is 10.5. The molecule has 0 saturated heterocycles. The van der Waals surface area contributed by atoms with E-state index in [2.05, 4.69) is 26.2 Å². The van der Waals surface area contributed by atoms with Gasteiger partial charge in [0.15, 0.2) is 0 Å². The van der Waals surface area contributed by atoms with E-state index in [0.29, 0.717) is 17.7 Å². The number of carbonyl (C=O) groups is 2. The molecule has 1 aromatic heterocycles. The highest BCUT2D eigenvalue weighted by Gasteiger charge is 2.21. The summed E-state index contributed by atoms with van der Waals surface area (Å²) in [5, 5.41) is 16.7. The zero-order chi connectivity index (χ0) is 20.6. The van der Waals surface area contributed by atoms with Crippen molar-refractivity contribution in [2.75, 3.05) is 17.3 Å². The van der Waals surface area contributed by atoms with Gasteiger partial charge in [-0.3, -0.25) is 9.59 Å². The van der Waals surface area contributed by atoms with Crippen LogP contribution in [-0.4, -0.2) is 50.1 Å². The van der Waals surface area contributed by atoms with E-state index in [1.54, 1.807) is 48.2 Å². The van der Waals surface area contributed by atoms with Crippen molar-refractivity contribution in [3.8, 4) is 5.69 Å². The smallest absolute Gasteiger partial charge is 0.251 e. The van der Waals surface area contributed by atoms with E-state index >= 15 is 0 Å². The van der Waals surface area contributed by atoms with Gasteiger partial charge in [-0.1, -0.05) is 17.7 Å². The quantitative estimate of drug-likeness (QED) is 0.591. The molecule has 2 N–H and O–H groups in total. The molecule has 0 spiro atoms. The molecule has 0 aliphatic carbocycles. The summed E-state index contributed by atoms with van der Waals surface area (Å²) < 4.78 is 1.52. The maximum Gasteiger partial charge on any atom is 0.251 e. The maximum atomic E-state index is 12.8. The topological polar surface area (TPSA) is 102 Å². The van der Waals surface area contributed by atoms with E-state index in [1.165, 1.54) is 11.0 Å². The number of anilines is 1. The molecule has 1 heterocycles. The summed E-state index contributed by atoms with van der Waals surface area (Å²) in [4.78, 5) is 25.4. The summed E-state index contributed by atoms with van der Waals surface area (Å²) in [5.41, 5.74) is 2.94. The van der Waals surface area contributed by atoms with Gasteiger partial charge in [-0.25, -0.2) is 4.68 Å². The number of rotatable bonds is 8. The summed E-state index contributed by atoms with van der Waals surface area (Å²) in [6.45, 7) is 1.92. The second-order valence-corrected chi connectivity index (χ2v) is 7.45. The number of carbonyl (C=O) groups excluding carboxylic acids is 2. The molecule has 0 unspecified atom stereocenters. The third-order valence-corrected chi connectivity index (χ3v) is 4.91. The minimum atomic E-state index is -0.630. The Morgan fingerprint density at radius 3 is 2.62 bits per heavy atom. The summed E-state index contributed by atoms with van der Waals surface area (Å²) in [7, 11) is 0. The van der Waals surface area contributed by atoms with Crippen LogP contribution in [0, 0.1) is 6.92 Å². The summed E-state index contributed by atoms with van der Waals surface area (Å²) in [5.74, 6) is 0.240. The van der Waals surface area contributed by atoms with Crippen LogP contribution in [0.25, 0.3) is 5.69 Å². The highest BCUT2D eigenvalue weighted by molar-refractivity contribution is 7.98. The maximum absolute atomic E-state index is 12.8. The number of hydrogen-bond acceptors (Lipinski definition) is 6. The van der Waals surface area contributed by atoms with Crippen molar-refractivity contribution in [2.45, 2.75) is 19.4 Å². The summed E-state index contributed by atoms with van der Waals surface area (Å²) in [6.07, 6.45) is 4.00. The molecular formula is C20H22N6O2S. The molecule has 2 aromatic carbocycles. The number of nitrogens with zero attached hydrogens (tertiary/aromatic N) is 4. The second kappa shape index (κ2) is 9.83. The second-order valence-electron chi connectivity index (χ2n) is 6.47. The van der Waals surface area contributed by atoms with Crippen LogP contribution in [0.3, 0.4) is 0 Å². The van der Waals surface area contributed by atoms with Crippen molar-refractivity contribution in [3.63, 3.8) is 0 Å². The Labute approximate surface area is 173 Å². The van der Waals surface area contributed by atoms with Crippen LogP contribution in [-0.2, 0) is 4.79 Å². The lowest BCUT2D eigenvalue weighted by Crippen LogP contribution is -2.44. The van der Waals surface area contributed by atoms with Crippen LogP contribution in [0.5, 0.6) is 0 Å². The van der Waals surface area contributed by atoms with Gasteiger partial charge < -0.3 is 10.6 Å². The van der Waals surface area contributed by atoms with Crippen molar-refractivity contribution in [1.82, 2.24) is 25.5 Å². The van der Waals surface area contributed by atoms with Gasteiger partial charge in [-0.15, -0.1) is 5.10 Å². The first-order chi connectivity index (χ1) is 14.1. The van der Waals surface area contributed by atoms with Gasteiger partial charge in [0.2, 0.25) is 5.91 Å². The fourth-order valence-electron chi connectivity index (χ4n) is 2.74. The molecule has 0 radical (unpaired) electrons. The number of thioether (sulfide) groups is 1. The normalized spacial score (nSPS) is 11.7. The van der Waals surface area contributed by atoms with Crippen LogP contribution < -0.4 is 10.6 Å². The van der Waals surface area contributed by atoms with Crippen LogP contribution in [0.1, 0.15) is 22.3 Å². The molecule has 3 aromatic rings. The molecule has 0 aliphatic heterocycles. The summed E-state index contributed by atoms with van der Waals surface area (Å²) in [6, 6.07) is 13.8. The van der Waals surface area contributed by atoms with Gasteiger partial charge in [0.25, 0.3) is 5.91 Å². The van der Waals surface area contributed by atoms with Crippen molar-refractivity contribution in [3.05, 3.63) is 66.0 Å². The zero-order valence-electron chi connectivity index (χ0n) is 16.2. The highest BCUT2D eigenvalue weighted by atomic mass is 32.2. The molecule has 0 saturated carbocycles. The van der Waals surface area contributed by atoms with Gasteiger partial charge in [-0.05, 0) is 72.2 Å². The van der Waals surface area contributed by atoms with Gasteiger partial charge in [0, 0.05) is 11.3 Å². The number of benzene rings is 2. The van der Waals surface area contributed by atoms with E-state index in [9.17, 15) is 9.59 Å². The van der Waals surface area contributed by atoms with Crippen molar-refractivity contribution >= 4 is 29.3 Å². The summed E-state index contributed by atoms with van der Waals surface area (Å²) >= 11 is 1.63. The van der Waals surface area contributed by atoms with Crippen molar-refractivity contribution in [2.24, 2.45) is 0 Å². The molecular weight excluding hydrogens is 388 g/mol. The highest BCUT2D eigenvalue weighted by Crippen LogP contribution is 2.14. The predicted molar refractivity (Wildman–Crippen MR) is 113 cm³/mol. The molecule has 0 aliphatic rings. The number of aromatic nitrogens is 4. The van der Waals surface area contributed by atoms with Crippen LogP contribution >= 0.6 is 11.8 Å². The Balaban J connectivity index is 1.67. The van der Waals surface area contributed by atoms with E-state index in [0.717, 1.165) is 17.0 Å². The largest absolute Gasteiger partial charge is 0.340 e. The van der Waals surface area contributed by atoms with Crippen molar-refractivity contribution < 1.29 is 9.59 Å². The SMILES string of the molecule is CSCC[C@@H](NC(=O)c1cccc(C)c1)C(=O)Nc1ccc(-n2cnnn2)cc1. The van der Waals surface area contributed by atoms with E-state index in [4.69, 9.17) is 0 Å². The molecule has 29 heavy (non-hydrogen) atoms. The lowest BCUT2D eigenvalue weighted by Gasteiger charge is -2.18. The lowest BCUT2D eigenvalue weighted by atomic mass is 10.1. The molecule has 2 amide bonds. The van der Waals surface area contributed by atoms with Crippen LogP contribution in [0.15, 0.2) is 54.9 Å². The minimum absolute atomic E-state index is 0.254. The first-order valence-electron chi connectivity index (χ1n) is 9.07. The molecule has 0 bridgehead atoms. The number of hydrogen-bond donors (Lipinski definition) is 2. The van der Waals surface area contributed by atoms with E-state index in [-0.39, 0.29) is 11.8 Å². The third-order valence-electron chi connectivity index (χ3n) is 4.26. The zero-order valence-corrected chi connectivity index (χ0v) is 17.0. The molecule has 9 heteroatoms. The Hall–Kier alpha value is -3.20.